The third kappa shape index (κ3) is 3.88. The van der Waals surface area contributed by atoms with Gasteiger partial charge in [0.25, 0.3) is 0 Å². The Kier molecular flexibility index (Phi) is 6.88. The van der Waals surface area contributed by atoms with Crippen LogP contribution in [0.5, 0.6) is 23.0 Å². The van der Waals surface area contributed by atoms with Crippen molar-refractivity contribution in [3.8, 4) is 23.0 Å². The van der Waals surface area contributed by atoms with Crippen LogP contribution in [0.1, 0.15) is 11.1 Å². The van der Waals surface area contributed by atoms with E-state index in [0.717, 1.165) is 0 Å². The highest BCUT2D eigenvalue weighted by molar-refractivity contribution is 9.13. The minimum absolute atomic E-state index is 0.105. The van der Waals surface area contributed by atoms with E-state index in [2.05, 4.69) is 79.6 Å². The van der Waals surface area contributed by atoms with Crippen molar-refractivity contribution >= 4 is 79.6 Å². The molecule has 0 aliphatic rings. The lowest BCUT2D eigenvalue weighted by Crippen LogP contribution is -1.99. The van der Waals surface area contributed by atoms with Gasteiger partial charge in [-0.2, -0.15) is 0 Å². The average Bonchev–Trinajstić information content (AvgIpc) is 2.55. The number of halogens is 5. The first-order valence-corrected chi connectivity index (χ1v) is 10.2. The van der Waals surface area contributed by atoms with E-state index in [1.807, 2.05) is 0 Å². The maximum Gasteiger partial charge on any atom is 0.174 e. The third-order valence-corrected chi connectivity index (χ3v) is 7.72. The zero-order chi connectivity index (χ0) is 18.2. The molecular weight excluding hydrogens is 648 g/mol. The van der Waals surface area contributed by atoms with Gasteiger partial charge >= 0.3 is 0 Å². The number of aromatic hydroxyl groups is 4. The summed E-state index contributed by atoms with van der Waals surface area (Å²) in [6.45, 7) is 0.223. The summed E-state index contributed by atoms with van der Waals surface area (Å²) in [7, 11) is 0. The Morgan fingerprint density at radius 1 is 0.667 bits per heavy atom. The second-order valence-corrected chi connectivity index (χ2v) is 8.66. The molecule has 0 aromatic heterocycles. The molecule has 2 aromatic carbocycles. The summed E-state index contributed by atoms with van der Waals surface area (Å²) in [4.78, 5) is 0. The molecule has 0 heterocycles. The first-order valence-electron chi connectivity index (χ1n) is 6.20. The minimum Gasteiger partial charge on any atom is -0.504 e. The molecule has 4 N–H and O–H groups in total. The molecule has 0 aliphatic heterocycles. The van der Waals surface area contributed by atoms with Crippen LogP contribution in [0.2, 0.25) is 0 Å². The molecule has 130 valence electrons. The molecule has 0 atom stereocenters. The molecule has 0 aliphatic carbocycles. The van der Waals surface area contributed by atoms with Crippen molar-refractivity contribution in [1.82, 2.24) is 0 Å². The van der Waals surface area contributed by atoms with E-state index in [0.29, 0.717) is 33.5 Å². The van der Waals surface area contributed by atoms with Crippen LogP contribution in [0.15, 0.2) is 28.4 Å². The van der Waals surface area contributed by atoms with Gasteiger partial charge in [0.1, 0.15) is 0 Å². The molecule has 0 saturated carbocycles. The van der Waals surface area contributed by atoms with Crippen molar-refractivity contribution < 1.29 is 25.2 Å². The van der Waals surface area contributed by atoms with E-state index in [1.165, 1.54) is 6.07 Å². The summed E-state index contributed by atoms with van der Waals surface area (Å²) in [5, 5.41) is 39.0. The maximum absolute atomic E-state index is 9.88. The van der Waals surface area contributed by atoms with E-state index < -0.39 is 0 Å². The normalized spacial score (nSPS) is 11.0. The number of rotatable bonds is 4. The Hall–Kier alpha value is -0.0000000000000000555. The number of phenolic OH excluding ortho intramolecular Hbond substituents is 4. The number of hydrogen-bond acceptors (Lipinski definition) is 5. The summed E-state index contributed by atoms with van der Waals surface area (Å²) < 4.78 is 7.69. The number of hydrogen-bond donors (Lipinski definition) is 4. The topological polar surface area (TPSA) is 90.2 Å². The molecule has 0 radical (unpaired) electrons. The Labute approximate surface area is 179 Å². The summed E-state index contributed by atoms with van der Waals surface area (Å²) in [6.07, 6.45) is 0. The Balaban J connectivity index is 2.24. The molecule has 24 heavy (non-hydrogen) atoms. The van der Waals surface area contributed by atoms with Crippen LogP contribution in [-0.4, -0.2) is 20.4 Å². The van der Waals surface area contributed by atoms with E-state index in [4.69, 9.17) is 4.74 Å². The fraction of sp³-hybridized carbons (Fsp3) is 0.143. The molecule has 10 heteroatoms. The smallest absolute Gasteiger partial charge is 0.174 e. The van der Waals surface area contributed by atoms with E-state index in [9.17, 15) is 20.4 Å². The molecule has 2 rings (SSSR count). The Morgan fingerprint density at radius 3 is 1.79 bits per heavy atom. The van der Waals surface area contributed by atoms with Crippen LogP contribution in [0.3, 0.4) is 0 Å². The quantitative estimate of drug-likeness (QED) is 0.238. The molecule has 0 bridgehead atoms. The third-order valence-electron chi connectivity index (χ3n) is 3.12. The van der Waals surface area contributed by atoms with Crippen LogP contribution < -0.4 is 0 Å². The highest BCUT2D eigenvalue weighted by atomic mass is 79.9. The minimum atomic E-state index is -0.298. The van der Waals surface area contributed by atoms with Crippen LogP contribution in [-0.2, 0) is 18.0 Å². The largest absolute Gasteiger partial charge is 0.504 e. The number of ether oxygens (including phenoxy) is 1. The van der Waals surface area contributed by atoms with Gasteiger partial charge in [-0.3, -0.25) is 0 Å². The van der Waals surface area contributed by atoms with Crippen LogP contribution in [0, 0.1) is 0 Å². The van der Waals surface area contributed by atoms with Crippen molar-refractivity contribution in [1.29, 1.82) is 0 Å². The Bertz CT molecular complexity index is 780. The fourth-order valence-electron chi connectivity index (χ4n) is 1.83. The average molecular weight is 657 g/mol. The van der Waals surface area contributed by atoms with Crippen molar-refractivity contribution in [3.05, 3.63) is 39.6 Å². The van der Waals surface area contributed by atoms with Crippen molar-refractivity contribution in [2.24, 2.45) is 0 Å². The SMILES string of the molecule is Oc1cc(Br)c(COCc2c(Br)c(O)c(O)c(Br)c2Br)c(Br)c1O. The van der Waals surface area contributed by atoms with Crippen molar-refractivity contribution in [3.63, 3.8) is 0 Å². The fourth-order valence-corrected chi connectivity index (χ4v) is 4.85. The molecule has 5 nitrogen and oxygen atoms in total. The van der Waals surface area contributed by atoms with Crippen LogP contribution in [0.4, 0.5) is 0 Å². The first-order chi connectivity index (χ1) is 11.2. The van der Waals surface area contributed by atoms with Gasteiger partial charge < -0.3 is 25.2 Å². The lowest BCUT2D eigenvalue weighted by molar-refractivity contribution is 0.105. The molecule has 0 spiro atoms. The molecule has 2 aromatic rings. The standard InChI is InChI=1S/C14H9Br5O5/c15-6-1-7(20)12(21)9(17)4(6)2-24-3-5-8(16)11(19)14(23)13(22)10(5)18/h1,20-23H,2-3H2. The lowest BCUT2D eigenvalue weighted by Gasteiger charge is -2.15. The van der Waals surface area contributed by atoms with Gasteiger partial charge in [0, 0.05) is 20.1 Å². The van der Waals surface area contributed by atoms with Crippen LogP contribution in [0.25, 0.3) is 0 Å². The van der Waals surface area contributed by atoms with E-state index >= 15 is 0 Å². The summed E-state index contributed by atoms with van der Waals surface area (Å²) in [6, 6.07) is 1.37. The maximum atomic E-state index is 9.88. The monoisotopic (exact) mass is 652 g/mol. The van der Waals surface area contributed by atoms with Crippen molar-refractivity contribution in [2.75, 3.05) is 0 Å². The highest BCUT2D eigenvalue weighted by Crippen LogP contribution is 2.47. The summed E-state index contributed by atoms with van der Waals surface area (Å²) >= 11 is 16.2. The van der Waals surface area contributed by atoms with Gasteiger partial charge in [-0.05, 0) is 69.8 Å². The molecule has 0 unspecified atom stereocenters. The summed E-state index contributed by atoms with van der Waals surface area (Å²) in [5.41, 5.74) is 1.20. The zero-order valence-corrected chi connectivity index (χ0v) is 19.5. The molecule has 0 amide bonds. The Morgan fingerprint density at radius 2 is 1.17 bits per heavy atom. The van der Waals surface area contributed by atoms with Gasteiger partial charge in [-0.25, -0.2) is 0 Å². The first kappa shape index (κ1) is 20.3. The summed E-state index contributed by atoms with van der Waals surface area (Å²) in [5.74, 6) is -1.11. The predicted octanol–water partition coefficient (Wildman–Crippen LogP) is 6.04. The predicted molar refractivity (Wildman–Crippen MR) is 107 cm³/mol. The van der Waals surface area contributed by atoms with Crippen molar-refractivity contribution in [2.45, 2.75) is 13.2 Å². The zero-order valence-electron chi connectivity index (χ0n) is 11.6. The van der Waals surface area contributed by atoms with Gasteiger partial charge in [-0.15, -0.1) is 0 Å². The van der Waals surface area contributed by atoms with Gasteiger partial charge in [0.05, 0.1) is 26.6 Å². The second-order valence-electron chi connectivity index (χ2n) is 4.63. The van der Waals surface area contributed by atoms with Crippen LogP contribution >= 0.6 is 79.6 Å². The number of phenols is 4. The molecule has 0 fully saturated rings. The molecule has 0 saturated heterocycles. The highest BCUT2D eigenvalue weighted by Gasteiger charge is 2.20. The lowest BCUT2D eigenvalue weighted by atomic mass is 10.2. The van der Waals surface area contributed by atoms with Gasteiger partial charge in [0.15, 0.2) is 23.0 Å². The number of benzene rings is 2. The van der Waals surface area contributed by atoms with Gasteiger partial charge in [0.2, 0.25) is 0 Å². The second kappa shape index (κ2) is 8.13. The van der Waals surface area contributed by atoms with E-state index in [-0.39, 0.29) is 36.2 Å². The molecular formula is C14H9Br5O5. The van der Waals surface area contributed by atoms with Gasteiger partial charge in [-0.1, -0.05) is 15.9 Å². The van der Waals surface area contributed by atoms with E-state index in [1.54, 1.807) is 0 Å².